The first-order valence-electron chi connectivity index (χ1n) is 7.63. The molecule has 6 nitrogen and oxygen atoms in total. The number of ether oxygens (including phenoxy) is 1. The first-order chi connectivity index (χ1) is 10.5. The second-order valence-corrected chi connectivity index (χ2v) is 5.26. The molecule has 0 aromatic heterocycles. The maximum absolute atomic E-state index is 5.78. The van der Waals surface area contributed by atoms with Gasteiger partial charge in [-0.1, -0.05) is 25.5 Å². The maximum atomic E-state index is 5.78. The summed E-state index contributed by atoms with van der Waals surface area (Å²) in [5.74, 6) is 1.41. The summed E-state index contributed by atoms with van der Waals surface area (Å²) in [6, 6.07) is 7.78. The van der Waals surface area contributed by atoms with Crippen LogP contribution >= 0.6 is 0 Å². The Morgan fingerprint density at radius 1 is 1.14 bits per heavy atom. The molecule has 0 aliphatic carbocycles. The molecule has 122 valence electrons. The van der Waals surface area contributed by atoms with Crippen molar-refractivity contribution in [2.24, 2.45) is 21.5 Å². The van der Waals surface area contributed by atoms with Gasteiger partial charge < -0.3 is 16.2 Å². The SMILES string of the molecule is CCCCN=C(N)NC(N)=NCc1ccc(OC(C)C)cc1. The van der Waals surface area contributed by atoms with Gasteiger partial charge in [-0.25, -0.2) is 4.99 Å². The lowest BCUT2D eigenvalue weighted by molar-refractivity contribution is 0.242. The first-order valence-corrected chi connectivity index (χ1v) is 7.63. The number of benzene rings is 1. The van der Waals surface area contributed by atoms with Crippen LogP contribution in [0.2, 0.25) is 0 Å². The van der Waals surface area contributed by atoms with Gasteiger partial charge in [0.05, 0.1) is 12.6 Å². The molecule has 0 atom stereocenters. The highest BCUT2D eigenvalue weighted by molar-refractivity contribution is 5.96. The largest absolute Gasteiger partial charge is 0.491 e. The smallest absolute Gasteiger partial charge is 0.195 e. The van der Waals surface area contributed by atoms with E-state index in [-0.39, 0.29) is 12.1 Å². The summed E-state index contributed by atoms with van der Waals surface area (Å²) in [6.45, 7) is 7.27. The summed E-state index contributed by atoms with van der Waals surface area (Å²) < 4.78 is 5.59. The number of nitrogens with zero attached hydrogens (tertiary/aromatic N) is 2. The maximum Gasteiger partial charge on any atom is 0.195 e. The molecule has 1 aromatic carbocycles. The summed E-state index contributed by atoms with van der Waals surface area (Å²) in [7, 11) is 0. The molecule has 0 saturated carbocycles. The van der Waals surface area contributed by atoms with E-state index in [1.807, 2.05) is 38.1 Å². The average Bonchev–Trinajstić information content (AvgIpc) is 2.46. The highest BCUT2D eigenvalue weighted by atomic mass is 16.5. The number of aliphatic imine (C=N–C) groups is 2. The zero-order valence-corrected chi connectivity index (χ0v) is 13.7. The van der Waals surface area contributed by atoms with Crippen LogP contribution in [-0.2, 0) is 6.54 Å². The first kappa shape index (κ1) is 17.8. The van der Waals surface area contributed by atoms with E-state index in [0.29, 0.717) is 19.0 Å². The third-order valence-corrected chi connectivity index (χ3v) is 2.78. The van der Waals surface area contributed by atoms with Gasteiger partial charge in [-0.3, -0.25) is 10.3 Å². The van der Waals surface area contributed by atoms with E-state index < -0.39 is 0 Å². The van der Waals surface area contributed by atoms with E-state index in [1.165, 1.54) is 0 Å². The number of hydrogen-bond donors (Lipinski definition) is 3. The van der Waals surface area contributed by atoms with Gasteiger partial charge in [0, 0.05) is 6.54 Å². The van der Waals surface area contributed by atoms with E-state index in [2.05, 4.69) is 22.2 Å². The van der Waals surface area contributed by atoms with Crippen LogP contribution in [0.25, 0.3) is 0 Å². The summed E-state index contributed by atoms with van der Waals surface area (Å²) in [6.07, 6.45) is 2.25. The van der Waals surface area contributed by atoms with Gasteiger partial charge >= 0.3 is 0 Å². The lowest BCUT2D eigenvalue weighted by atomic mass is 10.2. The van der Waals surface area contributed by atoms with Crippen molar-refractivity contribution in [3.05, 3.63) is 29.8 Å². The lowest BCUT2D eigenvalue weighted by Crippen LogP contribution is -2.41. The predicted molar refractivity (Wildman–Crippen MR) is 92.1 cm³/mol. The summed E-state index contributed by atoms with van der Waals surface area (Å²) in [5.41, 5.74) is 12.5. The van der Waals surface area contributed by atoms with Gasteiger partial charge in [-0.05, 0) is 38.0 Å². The van der Waals surface area contributed by atoms with Crippen LogP contribution in [-0.4, -0.2) is 24.6 Å². The van der Waals surface area contributed by atoms with Gasteiger partial charge in [-0.2, -0.15) is 0 Å². The highest BCUT2D eigenvalue weighted by Gasteiger charge is 1.99. The Balaban J connectivity index is 2.47. The minimum atomic E-state index is 0.165. The number of rotatable bonds is 7. The molecule has 0 fully saturated rings. The Kier molecular flexibility index (Phi) is 7.81. The van der Waals surface area contributed by atoms with Gasteiger partial charge in [0.2, 0.25) is 0 Å². The van der Waals surface area contributed by atoms with E-state index in [1.54, 1.807) is 0 Å². The topological polar surface area (TPSA) is 98.0 Å². The quantitative estimate of drug-likeness (QED) is 0.407. The van der Waals surface area contributed by atoms with E-state index in [4.69, 9.17) is 16.2 Å². The van der Waals surface area contributed by atoms with Gasteiger partial charge in [0.1, 0.15) is 5.75 Å². The van der Waals surface area contributed by atoms with E-state index in [0.717, 1.165) is 24.2 Å². The Morgan fingerprint density at radius 2 is 1.77 bits per heavy atom. The summed E-state index contributed by atoms with van der Waals surface area (Å²) in [4.78, 5) is 8.39. The number of hydrogen-bond acceptors (Lipinski definition) is 3. The van der Waals surface area contributed by atoms with Crippen molar-refractivity contribution in [3.8, 4) is 5.75 Å². The molecule has 0 amide bonds. The molecular weight excluding hydrogens is 278 g/mol. The summed E-state index contributed by atoms with van der Waals surface area (Å²) >= 11 is 0. The Labute approximate surface area is 132 Å². The minimum absolute atomic E-state index is 0.165. The number of unbranched alkanes of at least 4 members (excludes halogenated alkanes) is 1. The van der Waals surface area contributed by atoms with E-state index >= 15 is 0 Å². The molecular formula is C16H27N5O. The van der Waals surface area contributed by atoms with Crippen molar-refractivity contribution in [2.75, 3.05) is 6.54 Å². The molecule has 0 spiro atoms. The van der Waals surface area contributed by atoms with Crippen LogP contribution in [0.4, 0.5) is 0 Å². The van der Waals surface area contributed by atoms with E-state index in [9.17, 15) is 0 Å². The third-order valence-electron chi connectivity index (χ3n) is 2.78. The fraction of sp³-hybridized carbons (Fsp3) is 0.500. The number of guanidine groups is 2. The minimum Gasteiger partial charge on any atom is -0.491 e. The predicted octanol–water partition coefficient (Wildman–Crippen LogP) is 1.99. The molecule has 1 rings (SSSR count). The van der Waals surface area contributed by atoms with Crippen LogP contribution in [0.15, 0.2) is 34.3 Å². The normalized spacial score (nSPS) is 12.5. The van der Waals surface area contributed by atoms with Crippen LogP contribution in [0.1, 0.15) is 39.2 Å². The third kappa shape index (κ3) is 7.52. The zero-order valence-electron chi connectivity index (χ0n) is 13.7. The van der Waals surface area contributed by atoms with Crippen LogP contribution in [0.3, 0.4) is 0 Å². The molecule has 0 bridgehead atoms. The second-order valence-electron chi connectivity index (χ2n) is 5.26. The fourth-order valence-electron chi connectivity index (χ4n) is 1.69. The zero-order chi connectivity index (χ0) is 16.4. The van der Waals surface area contributed by atoms with Crippen molar-refractivity contribution in [1.82, 2.24) is 5.32 Å². The Hall–Kier alpha value is -2.24. The van der Waals surface area contributed by atoms with Gasteiger partial charge in [0.25, 0.3) is 0 Å². The van der Waals surface area contributed by atoms with Crippen molar-refractivity contribution in [2.45, 2.75) is 46.3 Å². The molecule has 0 unspecified atom stereocenters. The molecule has 6 heteroatoms. The Morgan fingerprint density at radius 3 is 2.36 bits per heavy atom. The highest BCUT2D eigenvalue weighted by Crippen LogP contribution is 2.14. The monoisotopic (exact) mass is 305 g/mol. The molecule has 22 heavy (non-hydrogen) atoms. The van der Waals surface area contributed by atoms with Crippen LogP contribution in [0.5, 0.6) is 5.75 Å². The molecule has 0 aliphatic heterocycles. The fourth-order valence-corrected chi connectivity index (χ4v) is 1.69. The molecule has 0 heterocycles. The number of nitrogens with one attached hydrogen (secondary N) is 1. The molecule has 0 radical (unpaired) electrons. The number of nitrogens with two attached hydrogens (primary N) is 2. The standard InChI is InChI=1S/C16H27N5O/c1-4-5-10-19-15(17)21-16(18)20-11-13-6-8-14(9-7-13)22-12(2)3/h6-9,12H,4-5,10-11H2,1-3H3,(H5,17,18,19,20,21). The van der Waals surface area contributed by atoms with Crippen molar-refractivity contribution < 1.29 is 4.74 Å². The Bertz CT molecular complexity index is 494. The molecule has 5 N–H and O–H groups in total. The van der Waals surface area contributed by atoms with Gasteiger partial charge in [-0.15, -0.1) is 0 Å². The van der Waals surface area contributed by atoms with Crippen molar-refractivity contribution in [3.63, 3.8) is 0 Å². The summed E-state index contributed by atoms with van der Waals surface area (Å²) in [5, 5.41) is 2.78. The van der Waals surface area contributed by atoms with Crippen molar-refractivity contribution in [1.29, 1.82) is 0 Å². The molecule has 0 saturated heterocycles. The van der Waals surface area contributed by atoms with Crippen LogP contribution < -0.4 is 21.5 Å². The second kappa shape index (κ2) is 9.65. The van der Waals surface area contributed by atoms with Crippen molar-refractivity contribution >= 4 is 11.9 Å². The molecule has 0 aliphatic rings. The molecule has 1 aromatic rings. The van der Waals surface area contributed by atoms with Crippen LogP contribution in [0, 0.1) is 0 Å². The average molecular weight is 305 g/mol. The lowest BCUT2D eigenvalue weighted by Gasteiger charge is -2.09. The van der Waals surface area contributed by atoms with Gasteiger partial charge in [0.15, 0.2) is 11.9 Å².